The Balaban J connectivity index is 1.68. The molecule has 1 atom stereocenters. The Morgan fingerprint density at radius 1 is 1.35 bits per heavy atom. The third-order valence-electron chi connectivity index (χ3n) is 4.03. The van der Waals surface area contributed by atoms with Crippen molar-refractivity contribution in [1.29, 1.82) is 0 Å². The molecule has 5 nitrogen and oxygen atoms in total. The van der Waals surface area contributed by atoms with Crippen molar-refractivity contribution in [2.45, 2.75) is 12.3 Å². The number of nitrogens with zero attached hydrogens (tertiary/aromatic N) is 4. The largest absolute Gasteiger partial charge is 0.399 e. The summed E-state index contributed by atoms with van der Waals surface area (Å²) in [6.07, 6.45) is 6.29. The lowest BCUT2D eigenvalue weighted by molar-refractivity contribution is 0.211. The van der Waals surface area contributed by atoms with Crippen molar-refractivity contribution in [3.8, 4) is 0 Å². The van der Waals surface area contributed by atoms with E-state index in [1.165, 1.54) is 19.2 Å². The molecule has 1 aliphatic heterocycles. The zero-order valence-corrected chi connectivity index (χ0v) is 13.0. The minimum atomic E-state index is -0.255. The number of halogens is 1. The van der Waals surface area contributed by atoms with Crippen LogP contribution >= 0.6 is 0 Å². The van der Waals surface area contributed by atoms with Gasteiger partial charge >= 0.3 is 0 Å². The van der Waals surface area contributed by atoms with Gasteiger partial charge in [-0.2, -0.15) is 0 Å². The van der Waals surface area contributed by atoms with Crippen LogP contribution in [0.1, 0.15) is 23.6 Å². The third-order valence-corrected chi connectivity index (χ3v) is 4.03. The summed E-state index contributed by atoms with van der Waals surface area (Å²) in [6.45, 7) is 2.53. The summed E-state index contributed by atoms with van der Waals surface area (Å²) in [5.41, 5.74) is 2.70. The van der Waals surface area contributed by atoms with Gasteiger partial charge in [0.1, 0.15) is 18.6 Å². The van der Waals surface area contributed by atoms with Crippen LogP contribution in [-0.2, 0) is 4.84 Å². The minimum absolute atomic E-state index is 0.255. The summed E-state index contributed by atoms with van der Waals surface area (Å²) >= 11 is 0. The molecule has 3 rings (SSSR count). The highest BCUT2D eigenvalue weighted by Gasteiger charge is 2.26. The Hall–Kier alpha value is -2.34. The van der Waals surface area contributed by atoms with Gasteiger partial charge in [-0.15, -0.1) is 0 Å². The molecular weight excluding hydrogens is 295 g/mol. The van der Waals surface area contributed by atoms with Crippen molar-refractivity contribution in [2.24, 2.45) is 5.16 Å². The van der Waals surface area contributed by atoms with Gasteiger partial charge in [0.2, 0.25) is 0 Å². The van der Waals surface area contributed by atoms with Crippen molar-refractivity contribution in [3.63, 3.8) is 0 Å². The fourth-order valence-electron chi connectivity index (χ4n) is 2.88. The maximum absolute atomic E-state index is 13.1. The van der Waals surface area contributed by atoms with E-state index in [4.69, 9.17) is 4.84 Å². The summed E-state index contributed by atoms with van der Waals surface area (Å²) in [6, 6.07) is 6.33. The highest BCUT2D eigenvalue weighted by molar-refractivity contribution is 6.01. The molecule has 0 spiro atoms. The van der Waals surface area contributed by atoms with Crippen LogP contribution in [0.15, 0.2) is 48.0 Å². The number of hydrogen-bond acceptors (Lipinski definition) is 5. The van der Waals surface area contributed by atoms with E-state index in [9.17, 15) is 4.39 Å². The van der Waals surface area contributed by atoms with Crippen molar-refractivity contribution in [3.05, 3.63) is 59.9 Å². The van der Waals surface area contributed by atoms with Crippen LogP contribution in [0, 0.1) is 5.82 Å². The quantitative estimate of drug-likeness (QED) is 0.628. The SMILES string of the molecule is CO/N=C(\CN1CCC(c2cnccn2)C1)c1ccc(F)cc1. The number of benzene rings is 1. The number of likely N-dealkylation sites (tertiary alicyclic amines) is 1. The van der Waals surface area contributed by atoms with Gasteiger partial charge in [-0.3, -0.25) is 14.9 Å². The third kappa shape index (κ3) is 3.90. The lowest BCUT2D eigenvalue weighted by atomic mass is 10.1. The zero-order valence-electron chi connectivity index (χ0n) is 13.0. The van der Waals surface area contributed by atoms with Gasteiger partial charge in [0, 0.05) is 43.2 Å². The maximum atomic E-state index is 13.1. The van der Waals surface area contributed by atoms with Crippen LogP contribution in [0.2, 0.25) is 0 Å². The molecule has 2 aromatic rings. The topological polar surface area (TPSA) is 50.6 Å². The van der Waals surface area contributed by atoms with E-state index >= 15 is 0 Å². The summed E-state index contributed by atoms with van der Waals surface area (Å²) in [4.78, 5) is 15.8. The van der Waals surface area contributed by atoms with E-state index in [0.29, 0.717) is 12.5 Å². The fourth-order valence-corrected chi connectivity index (χ4v) is 2.88. The Morgan fingerprint density at radius 2 is 2.17 bits per heavy atom. The fraction of sp³-hybridized carbons (Fsp3) is 0.353. The average molecular weight is 314 g/mol. The van der Waals surface area contributed by atoms with E-state index in [1.54, 1.807) is 24.5 Å². The van der Waals surface area contributed by atoms with Crippen molar-refractivity contribution >= 4 is 5.71 Å². The molecule has 1 aromatic carbocycles. The number of rotatable bonds is 5. The van der Waals surface area contributed by atoms with Crippen LogP contribution in [-0.4, -0.2) is 47.3 Å². The summed E-state index contributed by atoms with van der Waals surface area (Å²) < 4.78 is 13.1. The Bertz CT molecular complexity index is 660. The Labute approximate surface area is 134 Å². The molecule has 0 aliphatic carbocycles. The first-order valence-electron chi connectivity index (χ1n) is 7.60. The van der Waals surface area contributed by atoms with E-state index in [1.807, 2.05) is 6.20 Å². The molecule has 1 aromatic heterocycles. The highest BCUT2D eigenvalue weighted by Crippen LogP contribution is 2.25. The molecule has 1 saturated heterocycles. The molecule has 0 radical (unpaired) electrons. The Morgan fingerprint density at radius 3 is 2.87 bits per heavy atom. The zero-order chi connectivity index (χ0) is 16.1. The van der Waals surface area contributed by atoms with Gasteiger partial charge in [-0.1, -0.05) is 17.3 Å². The first-order chi connectivity index (χ1) is 11.3. The number of hydrogen-bond donors (Lipinski definition) is 0. The molecule has 0 amide bonds. The maximum Gasteiger partial charge on any atom is 0.123 e. The Kier molecular flexibility index (Phi) is 4.92. The predicted octanol–water partition coefficient (Wildman–Crippen LogP) is 2.46. The van der Waals surface area contributed by atoms with Crippen LogP contribution in [0.4, 0.5) is 4.39 Å². The van der Waals surface area contributed by atoms with Crippen LogP contribution in [0.3, 0.4) is 0 Å². The molecule has 0 saturated carbocycles. The molecule has 0 N–H and O–H groups in total. The van der Waals surface area contributed by atoms with Gasteiger partial charge in [-0.05, 0) is 25.1 Å². The summed E-state index contributed by atoms with van der Waals surface area (Å²) in [7, 11) is 1.52. The molecule has 120 valence electrons. The molecule has 6 heteroatoms. The van der Waals surface area contributed by atoms with Crippen LogP contribution < -0.4 is 0 Å². The van der Waals surface area contributed by atoms with E-state index in [-0.39, 0.29) is 5.82 Å². The second kappa shape index (κ2) is 7.28. The van der Waals surface area contributed by atoms with Crippen molar-refractivity contribution in [1.82, 2.24) is 14.9 Å². The molecule has 1 unspecified atom stereocenters. The van der Waals surface area contributed by atoms with Gasteiger partial charge < -0.3 is 4.84 Å². The first kappa shape index (κ1) is 15.6. The van der Waals surface area contributed by atoms with Crippen molar-refractivity contribution < 1.29 is 9.23 Å². The van der Waals surface area contributed by atoms with E-state index in [2.05, 4.69) is 20.0 Å². The second-order valence-corrected chi connectivity index (χ2v) is 5.58. The molecule has 23 heavy (non-hydrogen) atoms. The minimum Gasteiger partial charge on any atom is -0.399 e. The van der Waals surface area contributed by atoms with Crippen LogP contribution in [0.25, 0.3) is 0 Å². The van der Waals surface area contributed by atoms with Gasteiger partial charge in [0.25, 0.3) is 0 Å². The first-order valence-corrected chi connectivity index (χ1v) is 7.60. The normalized spacial score (nSPS) is 19.0. The molecule has 1 fully saturated rings. The monoisotopic (exact) mass is 314 g/mol. The second-order valence-electron chi connectivity index (χ2n) is 5.58. The molecule has 0 bridgehead atoms. The lowest BCUT2D eigenvalue weighted by Gasteiger charge is -2.17. The molecule has 2 heterocycles. The predicted molar refractivity (Wildman–Crippen MR) is 85.8 cm³/mol. The standard InChI is InChI=1S/C17H19FN4O/c1-23-21-17(13-2-4-15(18)5-3-13)12-22-9-6-14(11-22)16-10-19-7-8-20-16/h2-5,7-8,10,14H,6,9,11-12H2,1H3/b21-17+. The lowest BCUT2D eigenvalue weighted by Crippen LogP contribution is -2.28. The summed E-state index contributed by atoms with van der Waals surface area (Å²) in [5.74, 6) is 0.134. The van der Waals surface area contributed by atoms with E-state index < -0.39 is 0 Å². The van der Waals surface area contributed by atoms with Gasteiger partial charge in [-0.25, -0.2) is 4.39 Å². The van der Waals surface area contributed by atoms with Crippen LogP contribution in [0.5, 0.6) is 0 Å². The number of oxime groups is 1. The van der Waals surface area contributed by atoms with Gasteiger partial charge in [0.05, 0.1) is 5.69 Å². The van der Waals surface area contributed by atoms with Crippen molar-refractivity contribution in [2.75, 3.05) is 26.7 Å². The van der Waals surface area contributed by atoms with E-state index in [0.717, 1.165) is 36.5 Å². The molecular formula is C17H19FN4O. The van der Waals surface area contributed by atoms with Gasteiger partial charge in [0.15, 0.2) is 0 Å². The highest BCUT2D eigenvalue weighted by atomic mass is 19.1. The smallest absolute Gasteiger partial charge is 0.123 e. The summed E-state index contributed by atoms with van der Waals surface area (Å²) in [5, 5.41) is 4.11. The number of aromatic nitrogens is 2. The average Bonchev–Trinajstić information content (AvgIpc) is 3.05. The molecule has 1 aliphatic rings.